The SMILES string of the molecule is CCNCc1cccc(CS(=O)(=O)N(C)CC2CC2)c1. The van der Waals surface area contributed by atoms with Crippen molar-refractivity contribution in [1.82, 2.24) is 9.62 Å². The van der Waals surface area contributed by atoms with Crippen molar-refractivity contribution in [2.45, 2.75) is 32.1 Å². The smallest absolute Gasteiger partial charge is 0.218 e. The summed E-state index contributed by atoms with van der Waals surface area (Å²) in [5.74, 6) is 0.672. The fourth-order valence-corrected chi connectivity index (χ4v) is 3.46. The molecule has 2 rings (SSSR count). The molecule has 1 fully saturated rings. The van der Waals surface area contributed by atoms with Crippen LogP contribution < -0.4 is 5.32 Å². The fraction of sp³-hybridized carbons (Fsp3) is 0.600. The van der Waals surface area contributed by atoms with Crippen LogP contribution in [0.15, 0.2) is 24.3 Å². The summed E-state index contributed by atoms with van der Waals surface area (Å²) < 4.78 is 26.1. The van der Waals surface area contributed by atoms with Crippen molar-refractivity contribution in [3.8, 4) is 0 Å². The van der Waals surface area contributed by atoms with Gasteiger partial charge in [-0.05, 0) is 36.4 Å². The summed E-state index contributed by atoms with van der Waals surface area (Å²) in [6.45, 7) is 4.41. The average Bonchev–Trinajstić information content (AvgIpc) is 3.20. The summed E-state index contributed by atoms with van der Waals surface area (Å²) in [5, 5.41) is 3.25. The van der Waals surface area contributed by atoms with E-state index >= 15 is 0 Å². The molecule has 0 unspecified atom stereocenters. The molecule has 0 spiro atoms. The number of hydrogen-bond donors (Lipinski definition) is 1. The zero-order chi connectivity index (χ0) is 14.6. The molecular weight excluding hydrogens is 272 g/mol. The molecule has 1 aliphatic carbocycles. The molecule has 1 saturated carbocycles. The second-order valence-corrected chi connectivity index (χ2v) is 7.66. The highest BCUT2D eigenvalue weighted by atomic mass is 32.2. The number of nitrogens with one attached hydrogen (secondary N) is 1. The number of benzene rings is 1. The Balaban J connectivity index is 2.00. The third kappa shape index (κ3) is 4.58. The van der Waals surface area contributed by atoms with Gasteiger partial charge in [0, 0.05) is 20.1 Å². The zero-order valence-electron chi connectivity index (χ0n) is 12.3. The normalized spacial score (nSPS) is 15.8. The molecule has 0 heterocycles. The molecule has 0 bridgehead atoms. The van der Waals surface area contributed by atoms with Gasteiger partial charge < -0.3 is 5.32 Å². The Kier molecular flexibility index (Phi) is 5.18. The fourth-order valence-electron chi connectivity index (χ4n) is 2.20. The van der Waals surface area contributed by atoms with Gasteiger partial charge in [-0.3, -0.25) is 0 Å². The lowest BCUT2D eigenvalue weighted by molar-refractivity contribution is 0.452. The quantitative estimate of drug-likeness (QED) is 0.798. The lowest BCUT2D eigenvalue weighted by Crippen LogP contribution is -2.30. The molecule has 1 aromatic carbocycles. The standard InChI is InChI=1S/C15H24N2O2S/c1-3-16-10-14-5-4-6-15(9-14)12-20(18,19)17(2)11-13-7-8-13/h4-6,9,13,16H,3,7-8,10-12H2,1-2H3. The Morgan fingerprint density at radius 2 is 2.00 bits per heavy atom. The van der Waals surface area contributed by atoms with E-state index < -0.39 is 10.0 Å². The summed E-state index contributed by atoms with van der Waals surface area (Å²) in [6.07, 6.45) is 2.33. The maximum absolute atomic E-state index is 12.3. The molecular formula is C15H24N2O2S. The van der Waals surface area contributed by atoms with E-state index in [4.69, 9.17) is 0 Å². The van der Waals surface area contributed by atoms with E-state index in [2.05, 4.69) is 12.2 Å². The van der Waals surface area contributed by atoms with Gasteiger partial charge in [-0.25, -0.2) is 12.7 Å². The molecule has 0 aromatic heterocycles. The third-order valence-electron chi connectivity index (χ3n) is 3.61. The summed E-state index contributed by atoms with van der Waals surface area (Å²) >= 11 is 0. The van der Waals surface area contributed by atoms with Crippen LogP contribution >= 0.6 is 0 Å². The summed E-state index contributed by atoms with van der Waals surface area (Å²) in [4.78, 5) is 0. The Bertz CT molecular complexity index is 539. The molecule has 4 nitrogen and oxygen atoms in total. The molecule has 1 aromatic rings. The van der Waals surface area contributed by atoms with Crippen LogP contribution in [0.4, 0.5) is 0 Å². The van der Waals surface area contributed by atoms with Crippen LogP contribution in [0.3, 0.4) is 0 Å². The molecule has 1 aliphatic rings. The maximum atomic E-state index is 12.3. The summed E-state index contributed by atoms with van der Waals surface area (Å²) in [5.41, 5.74) is 1.99. The molecule has 0 atom stereocenters. The first-order chi connectivity index (χ1) is 9.51. The first-order valence-corrected chi connectivity index (χ1v) is 8.84. The van der Waals surface area contributed by atoms with Crippen molar-refractivity contribution < 1.29 is 8.42 Å². The van der Waals surface area contributed by atoms with Gasteiger partial charge in [-0.2, -0.15) is 0 Å². The van der Waals surface area contributed by atoms with Gasteiger partial charge in [0.15, 0.2) is 0 Å². The molecule has 0 aliphatic heterocycles. The van der Waals surface area contributed by atoms with Crippen molar-refractivity contribution in [3.63, 3.8) is 0 Å². The lowest BCUT2D eigenvalue weighted by Gasteiger charge is -2.17. The van der Waals surface area contributed by atoms with Crippen LogP contribution in [-0.2, 0) is 22.3 Å². The first-order valence-electron chi connectivity index (χ1n) is 7.24. The maximum Gasteiger partial charge on any atom is 0.218 e. The lowest BCUT2D eigenvalue weighted by atomic mass is 10.1. The predicted octanol–water partition coefficient (Wildman–Crippen LogP) is 1.97. The van der Waals surface area contributed by atoms with E-state index in [-0.39, 0.29) is 5.75 Å². The van der Waals surface area contributed by atoms with Crippen LogP contribution in [0.2, 0.25) is 0 Å². The molecule has 20 heavy (non-hydrogen) atoms. The van der Waals surface area contributed by atoms with Crippen molar-refractivity contribution in [2.24, 2.45) is 5.92 Å². The Morgan fingerprint density at radius 1 is 1.30 bits per heavy atom. The van der Waals surface area contributed by atoms with Crippen molar-refractivity contribution in [3.05, 3.63) is 35.4 Å². The van der Waals surface area contributed by atoms with Crippen LogP contribution in [0, 0.1) is 5.92 Å². The summed E-state index contributed by atoms with van der Waals surface area (Å²) in [7, 11) is -1.50. The van der Waals surface area contributed by atoms with E-state index in [0.717, 1.165) is 37.1 Å². The van der Waals surface area contributed by atoms with Gasteiger partial charge in [0.05, 0.1) is 5.75 Å². The molecule has 112 valence electrons. The molecule has 1 N–H and O–H groups in total. The second-order valence-electron chi connectivity index (χ2n) is 5.58. The van der Waals surface area contributed by atoms with Crippen LogP contribution in [0.5, 0.6) is 0 Å². The van der Waals surface area contributed by atoms with Crippen molar-refractivity contribution in [2.75, 3.05) is 20.1 Å². The first kappa shape index (κ1) is 15.5. The van der Waals surface area contributed by atoms with E-state index in [0.29, 0.717) is 12.5 Å². The minimum Gasteiger partial charge on any atom is -0.313 e. The molecule has 5 heteroatoms. The van der Waals surface area contributed by atoms with Crippen molar-refractivity contribution >= 4 is 10.0 Å². The van der Waals surface area contributed by atoms with Crippen LogP contribution in [0.1, 0.15) is 30.9 Å². The largest absolute Gasteiger partial charge is 0.313 e. The van der Waals surface area contributed by atoms with Gasteiger partial charge in [0.25, 0.3) is 0 Å². The Labute approximate surface area is 122 Å². The van der Waals surface area contributed by atoms with Crippen molar-refractivity contribution in [1.29, 1.82) is 0 Å². The van der Waals surface area contributed by atoms with Crippen LogP contribution in [0.25, 0.3) is 0 Å². The highest BCUT2D eigenvalue weighted by Gasteiger charge is 2.28. The third-order valence-corrected chi connectivity index (χ3v) is 5.40. The number of hydrogen-bond acceptors (Lipinski definition) is 3. The van der Waals surface area contributed by atoms with E-state index in [9.17, 15) is 8.42 Å². The highest BCUT2D eigenvalue weighted by molar-refractivity contribution is 7.88. The number of nitrogens with zero attached hydrogens (tertiary/aromatic N) is 1. The van der Waals surface area contributed by atoms with E-state index in [1.54, 1.807) is 7.05 Å². The van der Waals surface area contributed by atoms with Gasteiger partial charge >= 0.3 is 0 Å². The zero-order valence-corrected chi connectivity index (χ0v) is 13.1. The second kappa shape index (κ2) is 6.70. The number of sulfonamides is 1. The Hall–Kier alpha value is -0.910. The van der Waals surface area contributed by atoms with E-state index in [1.807, 2.05) is 24.3 Å². The van der Waals surface area contributed by atoms with E-state index in [1.165, 1.54) is 4.31 Å². The van der Waals surface area contributed by atoms with Gasteiger partial charge in [-0.15, -0.1) is 0 Å². The van der Waals surface area contributed by atoms with Gasteiger partial charge in [-0.1, -0.05) is 31.2 Å². The van der Waals surface area contributed by atoms with Crippen LogP contribution in [-0.4, -0.2) is 32.9 Å². The molecule has 0 radical (unpaired) electrons. The topological polar surface area (TPSA) is 49.4 Å². The minimum atomic E-state index is -3.19. The minimum absolute atomic E-state index is 0.0934. The highest BCUT2D eigenvalue weighted by Crippen LogP contribution is 2.30. The number of rotatable bonds is 8. The Morgan fingerprint density at radius 3 is 2.65 bits per heavy atom. The average molecular weight is 296 g/mol. The monoisotopic (exact) mass is 296 g/mol. The molecule has 0 amide bonds. The predicted molar refractivity (Wildman–Crippen MR) is 81.8 cm³/mol. The van der Waals surface area contributed by atoms with Gasteiger partial charge in [0.2, 0.25) is 10.0 Å². The molecule has 0 saturated heterocycles. The summed E-state index contributed by atoms with van der Waals surface area (Å²) in [6, 6.07) is 7.81. The van der Waals surface area contributed by atoms with Gasteiger partial charge in [0.1, 0.15) is 0 Å².